The lowest BCUT2D eigenvalue weighted by Crippen LogP contribution is -2.14. The maximum absolute atomic E-state index is 12.8. The van der Waals surface area contributed by atoms with Crippen LogP contribution in [0.2, 0.25) is 10.0 Å². The summed E-state index contributed by atoms with van der Waals surface area (Å²) in [5, 5.41) is -0.234. The van der Waals surface area contributed by atoms with Crippen molar-refractivity contribution in [1.29, 1.82) is 0 Å². The van der Waals surface area contributed by atoms with Gasteiger partial charge >= 0.3 is 6.18 Å². The molecule has 1 unspecified atom stereocenters. The molecule has 33 heavy (non-hydrogen) atoms. The molecule has 0 saturated heterocycles. The van der Waals surface area contributed by atoms with Crippen molar-refractivity contribution < 1.29 is 21.6 Å². The zero-order chi connectivity index (χ0) is 24.0. The van der Waals surface area contributed by atoms with E-state index in [-0.39, 0.29) is 5.69 Å². The Morgan fingerprint density at radius 2 is 1.91 bits per heavy atom. The maximum Gasteiger partial charge on any atom is 0.416 e. The summed E-state index contributed by atoms with van der Waals surface area (Å²) < 4.78 is 66.9. The van der Waals surface area contributed by atoms with Gasteiger partial charge in [0.1, 0.15) is 4.90 Å². The average molecular weight is 551 g/mol. The third-order valence-electron chi connectivity index (χ3n) is 4.73. The number of fused-ring (bicyclic) bond motifs is 1. The van der Waals surface area contributed by atoms with Crippen molar-refractivity contribution in [2.75, 3.05) is 4.72 Å². The number of anilines is 1. The number of allylic oxidation sites excluding steroid dienone is 1. The smallest absolute Gasteiger partial charge is 0.280 e. The van der Waals surface area contributed by atoms with Crippen molar-refractivity contribution in [2.24, 2.45) is 5.92 Å². The fourth-order valence-electron chi connectivity index (χ4n) is 3.13. The summed E-state index contributed by atoms with van der Waals surface area (Å²) in [6.07, 6.45) is 0.457. The molecule has 3 aromatic rings. The van der Waals surface area contributed by atoms with Crippen LogP contribution in [-0.2, 0) is 22.6 Å². The van der Waals surface area contributed by atoms with Gasteiger partial charge < -0.3 is 0 Å². The molecule has 1 N–H and O–H groups in total. The van der Waals surface area contributed by atoms with Crippen LogP contribution in [-0.4, -0.2) is 13.4 Å². The Morgan fingerprint density at radius 1 is 1.15 bits per heavy atom. The highest BCUT2D eigenvalue weighted by Gasteiger charge is 2.32. The van der Waals surface area contributed by atoms with E-state index in [4.69, 9.17) is 23.2 Å². The minimum atomic E-state index is -4.63. The molecule has 0 radical (unpaired) electrons. The van der Waals surface area contributed by atoms with Gasteiger partial charge in [0.2, 0.25) is 0 Å². The fraction of sp³-hybridized carbons (Fsp3) is 0.190. The summed E-state index contributed by atoms with van der Waals surface area (Å²) >= 11 is 15.1. The van der Waals surface area contributed by atoms with Gasteiger partial charge in [0.25, 0.3) is 10.0 Å². The first kappa shape index (κ1) is 24.4. The van der Waals surface area contributed by atoms with Crippen LogP contribution in [0, 0.1) is 5.92 Å². The van der Waals surface area contributed by atoms with Crippen LogP contribution in [0.25, 0.3) is 6.08 Å². The van der Waals surface area contributed by atoms with E-state index in [1.165, 1.54) is 23.9 Å². The van der Waals surface area contributed by atoms with Crippen LogP contribution in [0.15, 0.2) is 56.6 Å². The van der Waals surface area contributed by atoms with Crippen molar-refractivity contribution in [1.82, 2.24) is 4.98 Å². The summed E-state index contributed by atoms with van der Waals surface area (Å²) in [4.78, 5) is 5.99. The van der Waals surface area contributed by atoms with Gasteiger partial charge in [-0.1, -0.05) is 48.0 Å². The second kappa shape index (κ2) is 9.14. The van der Waals surface area contributed by atoms with Gasteiger partial charge in [-0.15, -0.1) is 11.3 Å². The quantitative estimate of drug-likeness (QED) is 0.354. The van der Waals surface area contributed by atoms with Crippen molar-refractivity contribution in [3.63, 3.8) is 0 Å². The second-order valence-corrected chi connectivity index (χ2v) is 12.1. The fourth-order valence-corrected chi connectivity index (χ4v) is 7.10. The van der Waals surface area contributed by atoms with E-state index in [1.807, 2.05) is 0 Å². The number of hydrogen-bond acceptors (Lipinski definition) is 5. The van der Waals surface area contributed by atoms with Gasteiger partial charge in [0.05, 0.1) is 31.9 Å². The predicted octanol–water partition coefficient (Wildman–Crippen LogP) is 7.63. The third kappa shape index (κ3) is 5.51. The first-order chi connectivity index (χ1) is 15.4. The Morgan fingerprint density at radius 3 is 2.58 bits per heavy atom. The topological polar surface area (TPSA) is 59.1 Å². The molecule has 0 aliphatic heterocycles. The molecular formula is C21H15Cl2F3N2O2S3. The molecule has 1 aliphatic carbocycles. The van der Waals surface area contributed by atoms with Gasteiger partial charge in [0.15, 0.2) is 4.34 Å². The lowest BCUT2D eigenvalue weighted by atomic mass is 10.00. The molecule has 4 nitrogen and oxygen atoms in total. The van der Waals surface area contributed by atoms with Crippen LogP contribution in [0.3, 0.4) is 0 Å². The number of benzene rings is 2. The molecule has 0 fully saturated rings. The summed E-state index contributed by atoms with van der Waals surface area (Å²) in [6, 6.07) is 6.65. The predicted molar refractivity (Wildman–Crippen MR) is 127 cm³/mol. The molecule has 1 heterocycles. The van der Waals surface area contributed by atoms with E-state index < -0.39 is 31.7 Å². The first-order valence-electron chi connectivity index (χ1n) is 9.47. The van der Waals surface area contributed by atoms with Crippen LogP contribution in [0.5, 0.6) is 0 Å². The van der Waals surface area contributed by atoms with E-state index in [2.05, 4.69) is 28.8 Å². The highest BCUT2D eigenvalue weighted by Crippen LogP contribution is 2.40. The van der Waals surface area contributed by atoms with Crippen molar-refractivity contribution in [3.8, 4) is 0 Å². The zero-order valence-corrected chi connectivity index (χ0v) is 20.7. The Bertz CT molecular complexity index is 1360. The van der Waals surface area contributed by atoms with Crippen molar-refractivity contribution in [2.45, 2.75) is 33.7 Å². The van der Waals surface area contributed by atoms with Crippen molar-refractivity contribution >= 4 is 68.1 Å². The molecule has 1 aliphatic rings. The number of hydrogen-bond donors (Lipinski definition) is 1. The largest absolute Gasteiger partial charge is 0.416 e. The SMILES string of the molecule is CC1C=Cc2sc(Sc3ccc(NS(=O)(=O)c4ccc(C(F)(F)F)cc4Cl)cc3Cl)nc2C1. The van der Waals surface area contributed by atoms with Gasteiger partial charge in [-0.2, -0.15) is 13.2 Å². The molecule has 2 aromatic carbocycles. The highest BCUT2D eigenvalue weighted by molar-refractivity contribution is 8.01. The summed E-state index contributed by atoms with van der Waals surface area (Å²) in [5.41, 5.74) is 0.159. The number of rotatable bonds is 5. The molecule has 0 spiro atoms. The molecule has 12 heteroatoms. The Hall–Kier alpha value is -1.72. The Kier molecular flexibility index (Phi) is 6.76. The first-order valence-corrected chi connectivity index (χ1v) is 13.3. The van der Waals surface area contributed by atoms with Crippen LogP contribution < -0.4 is 4.72 Å². The molecular weight excluding hydrogens is 536 g/mol. The van der Waals surface area contributed by atoms with Gasteiger partial charge in [-0.25, -0.2) is 13.4 Å². The highest BCUT2D eigenvalue weighted by atomic mass is 35.5. The Labute approximate surface area is 206 Å². The lowest BCUT2D eigenvalue weighted by Gasteiger charge is -2.13. The van der Waals surface area contributed by atoms with E-state index in [0.717, 1.165) is 27.4 Å². The summed E-state index contributed by atoms with van der Waals surface area (Å²) in [5.74, 6) is 0.437. The maximum atomic E-state index is 12.8. The summed E-state index contributed by atoms with van der Waals surface area (Å²) in [7, 11) is -4.23. The number of halogens is 5. The van der Waals surface area contributed by atoms with E-state index >= 15 is 0 Å². The van der Waals surface area contributed by atoms with Crippen LogP contribution >= 0.6 is 46.3 Å². The van der Waals surface area contributed by atoms with Crippen LogP contribution in [0.1, 0.15) is 23.1 Å². The number of aromatic nitrogens is 1. The summed E-state index contributed by atoms with van der Waals surface area (Å²) in [6.45, 7) is 2.13. The van der Waals surface area contributed by atoms with E-state index in [1.54, 1.807) is 17.4 Å². The standard InChI is InChI=1S/C21H15Cl2F3N2O2S3/c1-11-2-5-18-16(8-11)27-20(32-18)31-17-6-4-13(10-14(17)22)28-33(29,30)19-7-3-12(9-15(19)23)21(24,25)26/h2-7,9-11,28H,8H2,1H3. The van der Waals surface area contributed by atoms with Gasteiger partial charge in [-0.3, -0.25) is 4.72 Å². The van der Waals surface area contributed by atoms with Crippen LogP contribution in [0.4, 0.5) is 18.9 Å². The molecule has 174 valence electrons. The van der Waals surface area contributed by atoms with Gasteiger partial charge in [-0.05, 0) is 54.8 Å². The van der Waals surface area contributed by atoms with Crippen molar-refractivity contribution in [3.05, 3.63) is 68.7 Å². The number of alkyl halides is 3. The normalized spacial score (nSPS) is 16.0. The zero-order valence-electron chi connectivity index (χ0n) is 16.8. The molecule has 1 aromatic heterocycles. The molecule has 0 saturated carbocycles. The number of sulfonamides is 1. The lowest BCUT2D eigenvalue weighted by molar-refractivity contribution is -0.137. The average Bonchev–Trinajstić information content (AvgIpc) is 3.10. The number of nitrogens with zero attached hydrogens (tertiary/aromatic N) is 1. The van der Waals surface area contributed by atoms with Gasteiger partial charge in [0, 0.05) is 4.90 Å². The van der Waals surface area contributed by atoms with E-state index in [9.17, 15) is 21.6 Å². The monoisotopic (exact) mass is 550 g/mol. The molecule has 0 bridgehead atoms. The Balaban J connectivity index is 1.52. The number of thiazole rings is 1. The third-order valence-corrected chi connectivity index (χ3v) is 9.22. The minimum absolute atomic E-state index is 0.149. The molecule has 4 rings (SSSR count). The van der Waals surface area contributed by atoms with E-state index in [0.29, 0.717) is 28.0 Å². The molecule has 0 amide bonds. The molecule has 1 atom stereocenters. The second-order valence-electron chi connectivity index (χ2n) is 7.33. The number of nitrogens with one attached hydrogen (secondary N) is 1. The minimum Gasteiger partial charge on any atom is -0.280 e.